The van der Waals surface area contributed by atoms with Crippen molar-refractivity contribution in [3.63, 3.8) is 0 Å². The third-order valence-electron chi connectivity index (χ3n) is 10.4. The van der Waals surface area contributed by atoms with Crippen molar-refractivity contribution in [3.8, 4) is 39.5 Å². The van der Waals surface area contributed by atoms with Crippen LogP contribution in [0, 0.1) is 23.7 Å². The summed E-state index contributed by atoms with van der Waals surface area (Å²) in [5, 5.41) is 2.34. The summed E-state index contributed by atoms with van der Waals surface area (Å²) < 4.78 is 25.4. The topological polar surface area (TPSA) is 43.9 Å². The summed E-state index contributed by atoms with van der Waals surface area (Å²) in [6.07, 6.45) is 4.81. The zero-order valence-corrected chi connectivity index (χ0v) is 40.4. The van der Waals surface area contributed by atoms with E-state index in [9.17, 15) is 0 Å². The van der Waals surface area contributed by atoms with Crippen LogP contribution in [0.3, 0.4) is 0 Å². The molecule has 0 atom stereocenters. The van der Waals surface area contributed by atoms with Gasteiger partial charge in [0.05, 0.1) is 24.9 Å². The van der Waals surface area contributed by atoms with E-state index in [4.69, 9.17) is 12.1 Å². The molecule has 0 aliphatic heterocycles. The molecule has 0 aliphatic rings. The minimum absolute atomic E-state index is 0. The molecule has 0 N–H and O–H groups in total. The summed E-state index contributed by atoms with van der Waals surface area (Å²) >= 11 is 0. The zero-order chi connectivity index (χ0) is 43.9. The van der Waals surface area contributed by atoms with E-state index in [1.54, 1.807) is 6.07 Å². The number of para-hydroxylation sites is 2. The number of hydrogen-bond donors (Lipinski definition) is 0. The summed E-state index contributed by atoms with van der Waals surface area (Å²) in [5.41, 5.74) is 11.6. The molecule has 0 amide bonds. The van der Waals surface area contributed by atoms with Crippen molar-refractivity contribution in [2.24, 2.45) is 11.3 Å². The molecule has 0 spiro atoms. The van der Waals surface area contributed by atoms with Crippen LogP contribution in [0.4, 0.5) is 0 Å². The molecule has 0 saturated carbocycles. The number of benzene rings is 5. The van der Waals surface area contributed by atoms with Gasteiger partial charge in [0.1, 0.15) is 0 Å². The van der Waals surface area contributed by atoms with Gasteiger partial charge in [-0.3, -0.25) is 4.98 Å². The second-order valence-electron chi connectivity index (χ2n) is 19.1. The molecule has 0 aliphatic carbocycles. The molecule has 0 saturated heterocycles. The van der Waals surface area contributed by atoms with Crippen LogP contribution >= 0.6 is 0 Å². The Labute approximate surface area is 375 Å². The van der Waals surface area contributed by atoms with Crippen molar-refractivity contribution in [2.45, 2.75) is 93.2 Å². The fourth-order valence-corrected chi connectivity index (χ4v) is 9.14. The predicted molar refractivity (Wildman–Crippen MR) is 252 cm³/mol. The van der Waals surface area contributed by atoms with E-state index in [-0.39, 0.29) is 25.5 Å². The number of furan rings is 1. The smallest absolute Gasteiger partial charge is 0.0798 e. The van der Waals surface area contributed by atoms with Gasteiger partial charge in [0, 0.05) is 46.6 Å². The summed E-state index contributed by atoms with van der Waals surface area (Å²) in [4.78, 5) is 9.69. The van der Waals surface area contributed by atoms with E-state index in [0.29, 0.717) is 17.1 Å². The Balaban J connectivity index is 0.000000258. The van der Waals surface area contributed by atoms with Crippen LogP contribution in [-0.4, -0.2) is 22.6 Å². The molecular weight excluding hydrogens is 927 g/mol. The van der Waals surface area contributed by atoms with Crippen molar-refractivity contribution in [2.75, 3.05) is 0 Å². The molecule has 6 heteroatoms. The van der Waals surface area contributed by atoms with Gasteiger partial charge >= 0.3 is 0 Å². The molecule has 4 nitrogen and oxygen atoms in total. The Morgan fingerprint density at radius 1 is 0.800 bits per heavy atom. The molecule has 0 bridgehead atoms. The number of imidazole rings is 1. The van der Waals surface area contributed by atoms with Crippen molar-refractivity contribution in [3.05, 3.63) is 157 Å². The Morgan fingerprint density at radius 2 is 1.47 bits per heavy atom. The number of aromatic nitrogens is 3. The summed E-state index contributed by atoms with van der Waals surface area (Å²) in [6.45, 7) is 24.1. The average Bonchev–Trinajstić information content (AvgIpc) is 3.81. The van der Waals surface area contributed by atoms with Crippen LogP contribution in [0.1, 0.15) is 74.8 Å². The van der Waals surface area contributed by atoms with Gasteiger partial charge in [-0.15, -0.1) is 42.0 Å². The van der Waals surface area contributed by atoms with Gasteiger partial charge in [-0.1, -0.05) is 164 Å². The van der Waals surface area contributed by atoms with Gasteiger partial charge in [0.15, 0.2) is 0 Å². The standard InChI is InChI=1S/C36H35N2O.C18H24NSi.Ir/c1-35(2,3)22-24-11-20-29-30(23-39-33(29)21-24)34-37-31-9-7-8-10-32(31)38(34)28-18-14-26(15-19-28)25-12-16-27(17-13-25)36(4,5)6;1-14(2)11-16-12-17(15-9-7-6-8-10-15)19-13-18(16)20(3,4)5;/h7-21H,22H2,1-6H3;6-9,12-14H,11H2,1-5H3;/q2*-1;/i22D2;;. The van der Waals surface area contributed by atoms with Crippen molar-refractivity contribution >= 4 is 35.3 Å². The summed E-state index contributed by atoms with van der Waals surface area (Å²) in [6, 6.07) is 44.7. The molecule has 8 aromatic rings. The van der Waals surface area contributed by atoms with E-state index in [2.05, 4.69) is 149 Å². The fraction of sp³-hybridized carbons (Fsp3) is 0.296. The molecule has 0 fully saturated rings. The second-order valence-corrected chi connectivity index (χ2v) is 24.2. The largest absolute Gasteiger partial charge is 0.557 e. The average molecular weight is 988 g/mol. The van der Waals surface area contributed by atoms with E-state index in [1.807, 2.05) is 69.3 Å². The van der Waals surface area contributed by atoms with Gasteiger partial charge in [0.25, 0.3) is 0 Å². The van der Waals surface area contributed by atoms with Crippen molar-refractivity contribution in [1.29, 1.82) is 0 Å². The summed E-state index contributed by atoms with van der Waals surface area (Å²) in [5.74, 6) is 1.40. The third kappa shape index (κ3) is 10.3. The number of nitrogens with zero attached hydrogens (tertiary/aromatic N) is 3. The molecule has 5 aromatic carbocycles. The van der Waals surface area contributed by atoms with Gasteiger partial charge < -0.3 is 14.0 Å². The first-order valence-electron chi connectivity index (χ1n) is 21.8. The Morgan fingerprint density at radius 3 is 2.08 bits per heavy atom. The maximum Gasteiger partial charge on any atom is 0.0798 e. The summed E-state index contributed by atoms with van der Waals surface area (Å²) in [7, 11) is -1.34. The molecule has 8 rings (SSSR count). The fourth-order valence-electron chi connectivity index (χ4n) is 7.55. The van der Waals surface area contributed by atoms with Crippen LogP contribution in [0.15, 0.2) is 132 Å². The number of hydrogen-bond acceptors (Lipinski definition) is 3. The number of pyridine rings is 1. The Kier molecular flexibility index (Phi) is 12.6. The second kappa shape index (κ2) is 18.0. The first-order valence-corrected chi connectivity index (χ1v) is 24.3. The van der Waals surface area contributed by atoms with E-state index >= 15 is 0 Å². The minimum Gasteiger partial charge on any atom is -0.557 e. The van der Waals surface area contributed by atoms with E-state index in [1.165, 1.54) is 21.9 Å². The zero-order valence-electron chi connectivity index (χ0n) is 39.0. The minimum atomic E-state index is -1.52. The van der Waals surface area contributed by atoms with Crippen LogP contribution in [0.25, 0.3) is 61.5 Å². The Hall–Kier alpha value is -4.87. The molecule has 1 radical (unpaired) electrons. The molecule has 311 valence electrons. The quantitative estimate of drug-likeness (QED) is 0.113. The van der Waals surface area contributed by atoms with E-state index < -0.39 is 19.9 Å². The Bertz CT molecular complexity index is 2770. The van der Waals surface area contributed by atoms with Crippen molar-refractivity contribution < 1.29 is 27.3 Å². The van der Waals surface area contributed by atoms with Gasteiger partial charge in [-0.2, -0.15) is 0 Å². The predicted octanol–water partition coefficient (Wildman–Crippen LogP) is 14.1. The molecule has 0 unspecified atom stereocenters. The molecular formula is C54H59IrN3OSi-2. The third-order valence-corrected chi connectivity index (χ3v) is 12.5. The monoisotopic (exact) mass is 988 g/mol. The van der Waals surface area contributed by atoms with Crippen LogP contribution in [0.2, 0.25) is 19.6 Å². The molecule has 3 heterocycles. The maximum atomic E-state index is 8.70. The maximum absolute atomic E-state index is 8.70. The van der Waals surface area contributed by atoms with Crippen LogP contribution < -0.4 is 5.19 Å². The van der Waals surface area contributed by atoms with Gasteiger partial charge in [-0.25, -0.2) is 0 Å². The van der Waals surface area contributed by atoms with Gasteiger partial charge in [0.2, 0.25) is 0 Å². The van der Waals surface area contributed by atoms with Crippen LogP contribution in [-0.2, 0) is 38.3 Å². The van der Waals surface area contributed by atoms with E-state index in [0.717, 1.165) is 56.7 Å². The molecule has 60 heavy (non-hydrogen) atoms. The number of rotatable bonds is 8. The van der Waals surface area contributed by atoms with Crippen LogP contribution in [0.5, 0.6) is 0 Å². The first-order chi connectivity index (χ1) is 28.7. The van der Waals surface area contributed by atoms with Gasteiger partial charge in [-0.05, 0) is 81.4 Å². The molecule has 3 aromatic heterocycles. The first kappa shape index (κ1) is 41.8. The van der Waals surface area contributed by atoms with Crippen molar-refractivity contribution in [1.82, 2.24) is 14.5 Å². The number of fused-ring (bicyclic) bond motifs is 2. The SMILES string of the molecule is CC(C)Cc1cc(-c2[c-]cccc2)ncc1[Si](C)(C)C.[2H]C([2H])(c1ccc2c(-c3nc4ccccc4n3-c3ccc(-c4ccc(C(C)(C)C)cc4)cc3)[c-]oc2c1)C(C)(C)C.[Ir]. The normalized spacial score (nSPS) is 12.8.